The van der Waals surface area contributed by atoms with E-state index in [9.17, 15) is 20.4 Å². The van der Waals surface area contributed by atoms with E-state index in [1.54, 1.807) is 36.4 Å². The Morgan fingerprint density at radius 3 is 2.15 bits per heavy atom. The number of rotatable bonds is 3. The van der Waals surface area contributed by atoms with Crippen LogP contribution < -0.4 is 10.4 Å². The fourth-order valence-corrected chi connectivity index (χ4v) is 6.31. The van der Waals surface area contributed by atoms with E-state index < -0.39 is 12.0 Å². The maximum absolute atomic E-state index is 11.6. The second-order valence-corrected chi connectivity index (χ2v) is 10.3. The van der Waals surface area contributed by atoms with Crippen molar-refractivity contribution in [1.29, 1.82) is 0 Å². The van der Waals surface area contributed by atoms with Crippen LogP contribution >= 0.6 is 0 Å². The minimum atomic E-state index is -0.802. The quantitative estimate of drug-likeness (QED) is 0.227. The third-order valence-electron chi connectivity index (χ3n) is 8.00. The maximum atomic E-state index is 11.6. The van der Waals surface area contributed by atoms with Crippen molar-refractivity contribution < 1.29 is 20.4 Å². The molecule has 4 N–H and O–H groups in total. The summed E-state index contributed by atoms with van der Waals surface area (Å²) in [5.74, 6) is -0.0886. The van der Waals surface area contributed by atoms with Gasteiger partial charge in [0.05, 0.1) is 6.10 Å². The number of aromatic hydroxyl groups is 3. The summed E-state index contributed by atoms with van der Waals surface area (Å²) in [6.45, 7) is 0. The molecule has 0 amide bonds. The lowest BCUT2D eigenvalue weighted by atomic mass is 9.75. The van der Waals surface area contributed by atoms with Crippen LogP contribution in [0.25, 0.3) is 44.0 Å². The fraction of sp³-hybridized carbons (Fsp3) is 0.0857. The van der Waals surface area contributed by atoms with Gasteiger partial charge in [-0.15, -0.1) is 0 Å². The van der Waals surface area contributed by atoms with Crippen LogP contribution in [0.3, 0.4) is 0 Å². The van der Waals surface area contributed by atoms with Crippen LogP contribution in [0.5, 0.6) is 17.2 Å². The predicted octanol–water partition coefficient (Wildman–Crippen LogP) is 5.79. The van der Waals surface area contributed by atoms with E-state index in [-0.39, 0.29) is 17.2 Å². The zero-order valence-corrected chi connectivity index (χ0v) is 21.0. The first-order chi connectivity index (χ1) is 19.0. The maximum Gasteiger partial charge on any atom is 0.120 e. The smallest absolute Gasteiger partial charge is 0.120 e. The van der Waals surface area contributed by atoms with E-state index in [0.717, 1.165) is 53.9 Å². The highest BCUT2D eigenvalue weighted by atomic mass is 16.3. The van der Waals surface area contributed by atoms with Gasteiger partial charge in [-0.05, 0) is 96.7 Å². The first-order valence-electron chi connectivity index (χ1n) is 13.1. The van der Waals surface area contributed by atoms with Gasteiger partial charge in [-0.25, -0.2) is 0 Å². The van der Waals surface area contributed by atoms with Crippen molar-refractivity contribution in [3.63, 3.8) is 0 Å². The number of hydrogen-bond donors (Lipinski definition) is 4. The summed E-state index contributed by atoms with van der Waals surface area (Å²) in [5.41, 5.74) is 2.40. The fourth-order valence-electron chi connectivity index (χ4n) is 6.31. The molecule has 1 aliphatic rings. The lowest BCUT2D eigenvalue weighted by molar-refractivity contribution is 0.233. The SMILES string of the molecule is Oc1ccc2c(c1)=CC[C@@H](O)C=2C(c1c(O)ccc2cc(O)ccc12)c1cc2ccccc2c2ccccc12. The van der Waals surface area contributed by atoms with Crippen molar-refractivity contribution in [3.8, 4) is 17.2 Å². The Labute approximate surface area is 224 Å². The molecule has 4 heteroatoms. The average Bonchev–Trinajstić information content (AvgIpc) is 2.95. The molecule has 0 aliphatic heterocycles. The van der Waals surface area contributed by atoms with E-state index >= 15 is 0 Å². The third kappa shape index (κ3) is 3.72. The summed E-state index contributed by atoms with van der Waals surface area (Å²) in [6, 6.07) is 32.5. The van der Waals surface area contributed by atoms with Gasteiger partial charge in [-0.2, -0.15) is 0 Å². The molecule has 0 bridgehead atoms. The molecule has 6 aromatic carbocycles. The van der Waals surface area contributed by atoms with Gasteiger partial charge in [0.25, 0.3) is 0 Å². The van der Waals surface area contributed by atoms with Gasteiger partial charge in [-0.3, -0.25) is 0 Å². The van der Waals surface area contributed by atoms with E-state index in [4.69, 9.17) is 0 Å². The van der Waals surface area contributed by atoms with Gasteiger partial charge in [0.1, 0.15) is 17.2 Å². The van der Waals surface area contributed by atoms with Gasteiger partial charge in [0.2, 0.25) is 0 Å². The van der Waals surface area contributed by atoms with Crippen LogP contribution in [0.2, 0.25) is 0 Å². The van der Waals surface area contributed by atoms with Crippen molar-refractivity contribution in [3.05, 3.63) is 125 Å². The van der Waals surface area contributed by atoms with Crippen molar-refractivity contribution >= 4 is 44.0 Å². The Kier molecular flexibility index (Phi) is 5.32. The highest BCUT2D eigenvalue weighted by molar-refractivity contribution is 6.10. The van der Waals surface area contributed by atoms with E-state index in [0.29, 0.717) is 12.0 Å². The number of benzene rings is 6. The molecule has 0 aromatic heterocycles. The lowest BCUT2D eigenvalue weighted by Crippen LogP contribution is -2.37. The van der Waals surface area contributed by atoms with Crippen LogP contribution in [0.1, 0.15) is 23.5 Å². The number of aliphatic hydroxyl groups excluding tert-OH is 1. The minimum Gasteiger partial charge on any atom is -0.508 e. The molecule has 0 radical (unpaired) electrons. The summed E-state index contributed by atoms with van der Waals surface area (Å²) >= 11 is 0. The first kappa shape index (κ1) is 23.3. The minimum absolute atomic E-state index is 0.116. The summed E-state index contributed by atoms with van der Waals surface area (Å²) in [5, 5.41) is 51.2. The van der Waals surface area contributed by atoms with Gasteiger partial charge in [-0.1, -0.05) is 72.8 Å². The van der Waals surface area contributed by atoms with Crippen molar-refractivity contribution in [2.24, 2.45) is 0 Å². The molecular formula is C35H26O4. The van der Waals surface area contributed by atoms with Crippen molar-refractivity contribution in [2.45, 2.75) is 18.4 Å². The van der Waals surface area contributed by atoms with Gasteiger partial charge >= 0.3 is 0 Å². The second-order valence-electron chi connectivity index (χ2n) is 10.3. The summed E-state index contributed by atoms with van der Waals surface area (Å²) in [4.78, 5) is 0. The predicted molar refractivity (Wildman–Crippen MR) is 156 cm³/mol. The van der Waals surface area contributed by atoms with E-state index in [1.165, 1.54) is 0 Å². The molecule has 1 aliphatic carbocycles. The Balaban J connectivity index is 1.70. The second kappa shape index (κ2) is 8.90. The number of phenolic OH excluding ortho intramolecular Hbond substituents is 3. The number of phenols is 3. The highest BCUT2D eigenvalue weighted by Gasteiger charge is 2.31. The normalized spacial score (nSPS) is 15.8. The Morgan fingerprint density at radius 2 is 1.31 bits per heavy atom. The lowest BCUT2D eigenvalue weighted by Gasteiger charge is -2.30. The van der Waals surface area contributed by atoms with Crippen molar-refractivity contribution in [2.75, 3.05) is 0 Å². The number of aliphatic hydroxyl groups is 1. The van der Waals surface area contributed by atoms with E-state index in [2.05, 4.69) is 30.3 Å². The molecule has 0 saturated carbocycles. The molecule has 2 atom stereocenters. The Bertz CT molecular complexity index is 2060. The molecule has 0 saturated heterocycles. The Morgan fingerprint density at radius 1 is 0.615 bits per heavy atom. The molecular weight excluding hydrogens is 484 g/mol. The topological polar surface area (TPSA) is 80.9 Å². The molecule has 6 aromatic rings. The standard InChI is InChI=1S/C35H26O4/c36-23-11-13-26-21(17-23)9-15-31(38)33(26)35(34-27-14-12-24(37)18-22(27)10-16-32(34)39)30-19-20-5-1-2-6-25(20)28-7-3-4-8-29(28)30/h1-15,17-19,32,35-39H,16H2/t32-,35?/m1/s1. The average molecular weight is 511 g/mol. The van der Waals surface area contributed by atoms with Crippen LogP contribution in [-0.2, 0) is 0 Å². The van der Waals surface area contributed by atoms with Crippen molar-refractivity contribution in [1.82, 2.24) is 0 Å². The molecule has 0 fully saturated rings. The Hall–Kier alpha value is -4.80. The number of hydrogen-bond acceptors (Lipinski definition) is 4. The van der Waals surface area contributed by atoms with Crippen LogP contribution in [0, 0.1) is 0 Å². The molecule has 0 heterocycles. The highest BCUT2D eigenvalue weighted by Crippen LogP contribution is 2.47. The molecule has 190 valence electrons. The third-order valence-corrected chi connectivity index (χ3v) is 8.00. The molecule has 4 nitrogen and oxygen atoms in total. The zero-order chi connectivity index (χ0) is 26.7. The van der Waals surface area contributed by atoms with Crippen LogP contribution in [-0.4, -0.2) is 26.5 Å². The molecule has 0 spiro atoms. The summed E-state index contributed by atoms with van der Waals surface area (Å²) < 4.78 is 0. The first-order valence-corrected chi connectivity index (χ1v) is 13.1. The monoisotopic (exact) mass is 510 g/mol. The van der Waals surface area contributed by atoms with Crippen LogP contribution in [0.15, 0.2) is 103 Å². The van der Waals surface area contributed by atoms with E-state index in [1.807, 2.05) is 42.5 Å². The van der Waals surface area contributed by atoms with Gasteiger partial charge in [0, 0.05) is 11.5 Å². The van der Waals surface area contributed by atoms with Gasteiger partial charge < -0.3 is 20.4 Å². The zero-order valence-electron chi connectivity index (χ0n) is 21.0. The van der Waals surface area contributed by atoms with Gasteiger partial charge in [0.15, 0.2) is 0 Å². The largest absolute Gasteiger partial charge is 0.508 e. The number of fused-ring (bicyclic) bond motifs is 5. The molecule has 1 unspecified atom stereocenters. The van der Waals surface area contributed by atoms with Crippen LogP contribution in [0.4, 0.5) is 0 Å². The summed E-state index contributed by atoms with van der Waals surface area (Å²) in [7, 11) is 0. The molecule has 7 rings (SSSR count). The molecule has 39 heavy (non-hydrogen) atoms. The summed E-state index contributed by atoms with van der Waals surface area (Å²) in [6.07, 6.45) is 1.53.